The molecule has 1 spiro atoms. The summed E-state index contributed by atoms with van der Waals surface area (Å²) in [6, 6.07) is 0. The predicted molar refractivity (Wildman–Crippen MR) is 295 cm³/mol. The number of piperazine rings is 1. The highest BCUT2D eigenvalue weighted by Gasteiger charge is 2.62. The van der Waals surface area contributed by atoms with E-state index in [4.69, 9.17) is 51.8 Å². The van der Waals surface area contributed by atoms with E-state index in [0.29, 0.717) is 50.8 Å². The van der Waals surface area contributed by atoms with Gasteiger partial charge in [-0.2, -0.15) is 0 Å². The molecule has 2 bridgehead atoms. The van der Waals surface area contributed by atoms with Gasteiger partial charge in [-0.3, -0.25) is 9.59 Å². The SMILES string of the molecule is CC[C@H](C)[C@H]1O[C@]2(C=C[C@@H]1C)C[C@@H]1C[C@@H](C/C=C(\C)[C@@H](O[C@H]3C[C@H](OC)[C@@H](O[C@H]4C[C@H](OC)/C(=C\C(=O)N5CCNCC5)[C@H](C)O4)[C@H](C)O3)[C@@H](C)/C=C/C=C3\CO[C@@H]4[C@H](O[Si](C)(C)C(C)(C)C)C(C)=C[C@@H](C(=O)O1)[C@]34O)O2. The van der Waals surface area contributed by atoms with E-state index in [9.17, 15) is 14.7 Å². The average Bonchev–Trinajstić information content (AvgIpc) is 3.80. The number of fused-ring (bicyclic) bond motifs is 2. The second-order valence-electron chi connectivity index (χ2n) is 24.9. The van der Waals surface area contributed by atoms with Gasteiger partial charge < -0.3 is 67.1 Å². The van der Waals surface area contributed by atoms with Gasteiger partial charge in [-0.25, -0.2) is 0 Å². The van der Waals surface area contributed by atoms with Crippen LogP contribution in [0.1, 0.15) is 115 Å². The van der Waals surface area contributed by atoms with Gasteiger partial charge in [0, 0.05) is 84.0 Å². The molecule has 5 saturated heterocycles. The van der Waals surface area contributed by atoms with Crippen molar-refractivity contribution in [1.29, 1.82) is 0 Å². The lowest BCUT2D eigenvalue weighted by molar-refractivity contribution is -0.305. The van der Waals surface area contributed by atoms with E-state index < -0.39 is 93.0 Å². The van der Waals surface area contributed by atoms with Gasteiger partial charge in [0.05, 0.1) is 55.4 Å². The summed E-state index contributed by atoms with van der Waals surface area (Å²) in [6.07, 6.45) is 12.4. The zero-order chi connectivity index (χ0) is 55.8. The van der Waals surface area contributed by atoms with Gasteiger partial charge in [-0.1, -0.05) is 91.3 Å². The van der Waals surface area contributed by atoms with Crippen LogP contribution >= 0.6 is 0 Å². The zero-order valence-electron chi connectivity index (χ0n) is 48.9. The molecule has 7 aliphatic heterocycles. The summed E-state index contributed by atoms with van der Waals surface area (Å²) in [7, 11) is 0.938. The van der Waals surface area contributed by atoms with E-state index in [0.717, 1.165) is 36.2 Å². The number of carbonyl (C=O) groups excluding carboxylic acids is 2. The van der Waals surface area contributed by atoms with Crippen LogP contribution in [0.25, 0.3) is 0 Å². The van der Waals surface area contributed by atoms with Crippen LogP contribution in [0.3, 0.4) is 0 Å². The minimum absolute atomic E-state index is 0.0390. The highest BCUT2D eigenvalue weighted by molar-refractivity contribution is 6.74. The zero-order valence-corrected chi connectivity index (χ0v) is 49.9. The van der Waals surface area contributed by atoms with Crippen molar-refractivity contribution >= 4 is 20.2 Å². The van der Waals surface area contributed by atoms with Crippen molar-refractivity contribution in [2.24, 2.45) is 23.7 Å². The standard InChI is InChI=1S/C60H94N2O14Si/c1-16-35(2)53-38(5)22-23-59(75-53)33-44-29-43(74-59)21-20-37(4)52(36(3)18-17-19-42-34-68-56-54(76-77(14,15)58(9,10)11)39(6)28-46(57(64)71-44)60(42,56)65)72-51-32-48(67-13)55(41(8)70-51)73-50-31-47(66-12)45(40(7)69-50)30-49(63)62-26-24-61-25-27-62/h17-20,22-23,28,30,35-36,38,40-41,43-44,46-48,50-56,61,65H,16,21,24-27,29,31-34H2,1-15H3/b18-17+,37-20+,42-19+,45-30-/t35-,36-,38-,40-,41-,43+,44-,46-,47-,48-,50-,51-,52-,53+,54+,55-,56+,59+,60+/m0/s1. The molecule has 0 unspecified atom stereocenters. The Balaban J connectivity index is 1.07. The first-order chi connectivity index (χ1) is 36.4. The number of rotatable bonds is 11. The van der Waals surface area contributed by atoms with E-state index in [1.807, 2.05) is 50.0 Å². The third kappa shape index (κ3) is 13.1. The second-order valence-corrected chi connectivity index (χ2v) is 29.7. The fourth-order valence-electron chi connectivity index (χ4n) is 12.4. The molecule has 19 atom stereocenters. The molecule has 8 aliphatic rings. The van der Waals surface area contributed by atoms with Crippen LogP contribution in [0.15, 0.2) is 70.9 Å². The summed E-state index contributed by atoms with van der Waals surface area (Å²) < 4.78 is 73.3. The van der Waals surface area contributed by atoms with Crippen molar-refractivity contribution in [3.05, 3.63) is 70.9 Å². The van der Waals surface area contributed by atoms with E-state index >= 15 is 0 Å². The molecular weight excluding hydrogens is 1000 g/mol. The number of nitrogens with one attached hydrogen (secondary N) is 1. The molecule has 2 N–H and O–H groups in total. The Morgan fingerprint density at radius 1 is 0.948 bits per heavy atom. The minimum atomic E-state index is -2.39. The molecule has 432 valence electrons. The number of methoxy groups -OCH3 is 2. The van der Waals surface area contributed by atoms with Crippen molar-refractivity contribution in [2.75, 3.05) is 47.0 Å². The maximum absolute atomic E-state index is 14.9. The summed E-state index contributed by atoms with van der Waals surface area (Å²) in [5, 5.41) is 16.5. The Hall–Kier alpha value is -2.88. The molecule has 7 heterocycles. The summed E-state index contributed by atoms with van der Waals surface area (Å²) in [5.41, 5.74) is 1.43. The Bertz CT molecular complexity index is 2270. The molecule has 1 amide bonds. The number of esters is 1. The van der Waals surface area contributed by atoms with Gasteiger partial charge in [-0.15, -0.1) is 0 Å². The molecule has 16 nitrogen and oxygen atoms in total. The Morgan fingerprint density at radius 3 is 2.36 bits per heavy atom. The number of amides is 1. The molecule has 0 aromatic carbocycles. The molecule has 0 aromatic rings. The molecule has 1 aliphatic carbocycles. The lowest BCUT2D eigenvalue weighted by Gasteiger charge is -2.49. The summed E-state index contributed by atoms with van der Waals surface area (Å²) in [5.74, 6) is -2.49. The molecule has 0 saturated carbocycles. The predicted octanol–water partition coefficient (Wildman–Crippen LogP) is 8.40. The lowest BCUT2D eigenvalue weighted by atomic mass is 9.71. The smallest absolute Gasteiger partial charge is 0.316 e. The molecule has 5 fully saturated rings. The van der Waals surface area contributed by atoms with E-state index in [1.54, 1.807) is 20.3 Å². The fourth-order valence-corrected chi connectivity index (χ4v) is 13.7. The molecule has 77 heavy (non-hydrogen) atoms. The van der Waals surface area contributed by atoms with Crippen molar-refractivity contribution in [3.8, 4) is 0 Å². The second kappa shape index (κ2) is 24.7. The fraction of sp³-hybridized carbons (Fsp3) is 0.767. The normalized spacial score (nSPS) is 43.1. The lowest BCUT2D eigenvalue weighted by Crippen LogP contribution is -2.60. The number of hydrogen-bond donors (Lipinski definition) is 2. The Kier molecular flexibility index (Phi) is 19.3. The highest BCUT2D eigenvalue weighted by Crippen LogP contribution is 2.50. The summed E-state index contributed by atoms with van der Waals surface area (Å²) in [4.78, 5) is 30.0. The van der Waals surface area contributed by atoms with Gasteiger partial charge in [-0.05, 0) is 86.5 Å². The average molecular weight is 1100 g/mol. The van der Waals surface area contributed by atoms with Crippen LogP contribution in [0.4, 0.5) is 0 Å². The largest absolute Gasteiger partial charge is 0.462 e. The molecule has 17 heteroatoms. The number of nitrogens with zero attached hydrogens (tertiary/aromatic N) is 1. The van der Waals surface area contributed by atoms with Gasteiger partial charge in [0.15, 0.2) is 26.7 Å². The van der Waals surface area contributed by atoms with Crippen molar-refractivity contribution in [1.82, 2.24) is 10.2 Å². The van der Waals surface area contributed by atoms with Crippen molar-refractivity contribution in [2.45, 2.75) is 224 Å². The minimum Gasteiger partial charge on any atom is -0.462 e. The van der Waals surface area contributed by atoms with Gasteiger partial charge in [0.1, 0.15) is 29.8 Å². The monoisotopic (exact) mass is 1090 g/mol. The number of aliphatic hydroxyl groups is 1. The van der Waals surface area contributed by atoms with E-state index in [-0.39, 0.29) is 53.6 Å². The van der Waals surface area contributed by atoms with Crippen LogP contribution in [-0.2, 0) is 61.4 Å². The number of allylic oxidation sites excluding steroid dienone is 2. The maximum atomic E-state index is 14.9. The molecular formula is C60H94N2O14Si. The topological polar surface area (TPSA) is 171 Å². The summed E-state index contributed by atoms with van der Waals surface area (Å²) in [6.45, 7) is 30.5. The van der Waals surface area contributed by atoms with Crippen LogP contribution in [0.5, 0.6) is 0 Å². The van der Waals surface area contributed by atoms with Crippen molar-refractivity contribution < 1.29 is 66.5 Å². The first-order valence-electron chi connectivity index (χ1n) is 28.8. The summed E-state index contributed by atoms with van der Waals surface area (Å²) >= 11 is 0. The van der Waals surface area contributed by atoms with Crippen LogP contribution in [0.2, 0.25) is 18.1 Å². The number of ether oxygens (including phenoxy) is 10. The Labute approximate surface area is 460 Å². The number of hydrogen-bond acceptors (Lipinski definition) is 15. The van der Waals surface area contributed by atoms with Crippen LogP contribution in [0, 0.1) is 23.7 Å². The molecule has 0 aromatic heterocycles. The van der Waals surface area contributed by atoms with Crippen LogP contribution < -0.4 is 5.32 Å². The van der Waals surface area contributed by atoms with E-state index in [2.05, 4.69) is 92.0 Å². The molecule has 8 rings (SSSR count). The Morgan fingerprint density at radius 2 is 1.68 bits per heavy atom. The maximum Gasteiger partial charge on any atom is 0.316 e. The van der Waals surface area contributed by atoms with Gasteiger partial charge in [0.2, 0.25) is 5.91 Å². The number of carbonyl (C=O) groups is 2. The first kappa shape index (κ1) is 60.2. The highest BCUT2D eigenvalue weighted by atomic mass is 28.4. The van der Waals surface area contributed by atoms with E-state index in [1.165, 1.54) is 0 Å². The third-order valence-corrected chi connectivity index (χ3v) is 22.8. The quantitative estimate of drug-likeness (QED) is 0.0874. The van der Waals surface area contributed by atoms with Crippen LogP contribution in [-0.4, -0.2) is 168 Å². The van der Waals surface area contributed by atoms with Gasteiger partial charge >= 0.3 is 5.97 Å². The first-order valence-corrected chi connectivity index (χ1v) is 31.7. The van der Waals surface area contributed by atoms with Gasteiger partial charge in [0.25, 0.3) is 0 Å². The third-order valence-electron chi connectivity index (χ3n) is 18.4. The molecule has 0 radical (unpaired) electrons. The van der Waals surface area contributed by atoms with Crippen molar-refractivity contribution in [3.63, 3.8) is 0 Å².